The molecule has 0 aliphatic carbocycles. The second-order valence-electron chi connectivity index (χ2n) is 19.8. The van der Waals surface area contributed by atoms with Gasteiger partial charge in [-0.15, -0.1) is 0 Å². The van der Waals surface area contributed by atoms with E-state index in [1.807, 2.05) is 0 Å². The Labute approximate surface area is 462 Å². The van der Waals surface area contributed by atoms with Crippen molar-refractivity contribution < 1.29 is 28.6 Å². The van der Waals surface area contributed by atoms with E-state index in [2.05, 4.69) is 154 Å². The van der Waals surface area contributed by atoms with Crippen LogP contribution >= 0.6 is 0 Å². The van der Waals surface area contributed by atoms with E-state index < -0.39 is 6.10 Å². The van der Waals surface area contributed by atoms with Crippen molar-refractivity contribution in [3.05, 3.63) is 134 Å². The third-order valence-corrected chi connectivity index (χ3v) is 12.6. The topological polar surface area (TPSA) is 78.9 Å². The normalized spacial score (nSPS) is 13.1. The van der Waals surface area contributed by atoms with Gasteiger partial charge in [0.15, 0.2) is 6.10 Å². The third-order valence-electron chi connectivity index (χ3n) is 12.6. The third kappa shape index (κ3) is 60.3. The minimum atomic E-state index is -0.812. The molecule has 0 saturated carbocycles. The molecule has 0 bridgehead atoms. The van der Waals surface area contributed by atoms with Crippen LogP contribution in [0.2, 0.25) is 0 Å². The van der Waals surface area contributed by atoms with Gasteiger partial charge in [0, 0.05) is 19.3 Å². The van der Waals surface area contributed by atoms with E-state index in [4.69, 9.17) is 14.2 Å². The molecule has 0 aromatic carbocycles. The van der Waals surface area contributed by atoms with Crippen LogP contribution in [0.3, 0.4) is 0 Å². The van der Waals surface area contributed by atoms with Crippen molar-refractivity contribution in [3.8, 4) is 0 Å². The molecule has 1 atom stereocenters. The molecule has 0 aliphatic rings. The van der Waals surface area contributed by atoms with Crippen LogP contribution in [0, 0.1) is 0 Å². The molecule has 424 valence electrons. The number of ether oxygens (including phenoxy) is 3. The second kappa shape index (κ2) is 62.1. The Kier molecular flexibility index (Phi) is 58.4. The van der Waals surface area contributed by atoms with E-state index in [-0.39, 0.29) is 31.1 Å². The van der Waals surface area contributed by atoms with Crippen LogP contribution in [-0.2, 0) is 28.6 Å². The first-order chi connectivity index (χ1) is 37.0. The highest BCUT2D eigenvalue weighted by Gasteiger charge is 2.19. The van der Waals surface area contributed by atoms with Gasteiger partial charge in [-0.05, 0) is 135 Å². The molecule has 0 radical (unpaired) electrons. The molecule has 6 heteroatoms. The molecule has 0 spiro atoms. The molecule has 0 saturated heterocycles. The van der Waals surface area contributed by atoms with Gasteiger partial charge in [-0.2, -0.15) is 0 Å². The number of hydrogen-bond acceptors (Lipinski definition) is 6. The standard InChI is InChI=1S/C69H112O6/c1-4-7-10-13-16-19-22-25-28-30-32-34-36-38-41-44-47-50-53-56-59-62-68(71)74-65-66(64-73-67(70)61-58-55-52-49-46-43-40-27-24-21-18-15-12-9-6-3)75-69(72)63-60-57-54-51-48-45-42-39-37-35-33-31-29-26-23-20-17-14-11-8-5-2/h7,9-10,12,16,18-19,21,23,25-28,31-34,38,40-41,47,50,66H,4-6,8,11,13-15,17,20,22,24,29-30,35-37,39,42-46,48-49,51-65H2,1-3H3/b10-7-,12-9-,19-16-,21-18-,26-23-,28-25-,33-31-,34-32-,40-27-,41-38-,50-47-. The Morgan fingerprint density at radius 1 is 0.280 bits per heavy atom. The van der Waals surface area contributed by atoms with Crippen molar-refractivity contribution in [3.63, 3.8) is 0 Å². The van der Waals surface area contributed by atoms with Crippen molar-refractivity contribution in [2.24, 2.45) is 0 Å². The highest BCUT2D eigenvalue weighted by atomic mass is 16.6. The van der Waals surface area contributed by atoms with Crippen molar-refractivity contribution in [1.82, 2.24) is 0 Å². The lowest BCUT2D eigenvalue weighted by Crippen LogP contribution is -2.30. The van der Waals surface area contributed by atoms with Gasteiger partial charge in [0.05, 0.1) is 0 Å². The first kappa shape index (κ1) is 70.5. The quantitative estimate of drug-likeness (QED) is 0.0261. The smallest absolute Gasteiger partial charge is 0.306 e. The predicted molar refractivity (Wildman–Crippen MR) is 325 cm³/mol. The zero-order chi connectivity index (χ0) is 54.3. The molecule has 0 heterocycles. The fraction of sp³-hybridized carbons (Fsp3) is 0.638. The zero-order valence-electron chi connectivity index (χ0n) is 48.5. The SMILES string of the molecule is CC/C=C\C/C=C\C/C=C\C/C=C\C/C=C\C/C=C\CCCCC(=O)OCC(COC(=O)CCCCCCC/C=C\C/C=C\C/C=C\CC)OC(=O)CCCCCCCCCCC/C=C\C/C=C\CCCCCCC. The molecular weight excluding hydrogens is 925 g/mol. The van der Waals surface area contributed by atoms with Gasteiger partial charge in [-0.1, -0.05) is 244 Å². The Balaban J connectivity index is 4.50. The van der Waals surface area contributed by atoms with Crippen LogP contribution in [0.25, 0.3) is 0 Å². The summed E-state index contributed by atoms with van der Waals surface area (Å²) in [5.41, 5.74) is 0. The summed E-state index contributed by atoms with van der Waals surface area (Å²) in [6, 6.07) is 0. The maximum Gasteiger partial charge on any atom is 0.306 e. The van der Waals surface area contributed by atoms with Crippen LogP contribution in [0.4, 0.5) is 0 Å². The number of carbonyl (C=O) groups excluding carboxylic acids is 3. The summed E-state index contributed by atoms with van der Waals surface area (Å²) in [7, 11) is 0. The molecule has 1 unspecified atom stereocenters. The molecular formula is C69H112O6. The number of carbonyl (C=O) groups is 3. The fourth-order valence-corrected chi connectivity index (χ4v) is 8.08. The first-order valence-electron chi connectivity index (χ1n) is 30.7. The lowest BCUT2D eigenvalue weighted by molar-refractivity contribution is -0.167. The Morgan fingerprint density at radius 2 is 0.520 bits per heavy atom. The molecule has 6 nitrogen and oxygen atoms in total. The van der Waals surface area contributed by atoms with Crippen LogP contribution in [0.15, 0.2) is 134 Å². The molecule has 0 amide bonds. The number of rotatable bonds is 54. The average Bonchev–Trinajstić information content (AvgIpc) is 3.41. The molecule has 75 heavy (non-hydrogen) atoms. The molecule has 0 fully saturated rings. The average molecular weight is 1040 g/mol. The van der Waals surface area contributed by atoms with Crippen molar-refractivity contribution in [1.29, 1.82) is 0 Å². The van der Waals surface area contributed by atoms with E-state index in [0.29, 0.717) is 25.7 Å². The van der Waals surface area contributed by atoms with E-state index in [1.165, 1.54) is 83.5 Å². The van der Waals surface area contributed by atoms with Crippen molar-refractivity contribution >= 4 is 17.9 Å². The Morgan fingerprint density at radius 3 is 0.840 bits per heavy atom. The molecule has 0 rings (SSSR count). The minimum absolute atomic E-state index is 0.107. The van der Waals surface area contributed by atoms with Crippen LogP contribution in [0.1, 0.15) is 265 Å². The van der Waals surface area contributed by atoms with Crippen LogP contribution < -0.4 is 0 Å². The Bertz CT molecular complexity index is 1620. The van der Waals surface area contributed by atoms with Gasteiger partial charge in [0.25, 0.3) is 0 Å². The van der Waals surface area contributed by atoms with Gasteiger partial charge < -0.3 is 14.2 Å². The van der Waals surface area contributed by atoms with Crippen molar-refractivity contribution in [2.75, 3.05) is 13.2 Å². The molecule has 0 aromatic heterocycles. The maximum atomic E-state index is 12.9. The lowest BCUT2D eigenvalue weighted by atomic mass is 10.1. The number of unbranched alkanes of at least 4 members (excludes halogenated alkanes) is 21. The Hall–Kier alpha value is -4.45. The summed E-state index contributed by atoms with van der Waals surface area (Å²) in [5, 5.41) is 0. The monoisotopic (exact) mass is 1040 g/mol. The van der Waals surface area contributed by atoms with Crippen LogP contribution in [-0.4, -0.2) is 37.2 Å². The predicted octanol–water partition coefficient (Wildman–Crippen LogP) is 21.0. The first-order valence-corrected chi connectivity index (χ1v) is 30.7. The van der Waals surface area contributed by atoms with Crippen LogP contribution in [0.5, 0.6) is 0 Å². The summed E-state index contributed by atoms with van der Waals surface area (Å²) < 4.78 is 16.9. The summed E-state index contributed by atoms with van der Waals surface area (Å²) in [5.74, 6) is -0.971. The summed E-state index contributed by atoms with van der Waals surface area (Å²) in [4.78, 5) is 38.3. The summed E-state index contributed by atoms with van der Waals surface area (Å²) >= 11 is 0. The number of esters is 3. The molecule has 0 aromatic rings. The van der Waals surface area contributed by atoms with Gasteiger partial charge in [-0.3, -0.25) is 14.4 Å². The van der Waals surface area contributed by atoms with E-state index in [1.54, 1.807) is 0 Å². The lowest BCUT2D eigenvalue weighted by Gasteiger charge is -2.18. The fourth-order valence-electron chi connectivity index (χ4n) is 8.08. The molecule has 0 aliphatic heterocycles. The van der Waals surface area contributed by atoms with Gasteiger partial charge in [0.1, 0.15) is 13.2 Å². The summed E-state index contributed by atoms with van der Waals surface area (Å²) in [6.07, 6.45) is 87.3. The highest BCUT2D eigenvalue weighted by molar-refractivity contribution is 5.71. The second-order valence-corrected chi connectivity index (χ2v) is 19.8. The van der Waals surface area contributed by atoms with Crippen molar-refractivity contribution in [2.45, 2.75) is 271 Å². The maximum absolute atomic E-state index is 12.9. The summed E-state index contributed by atoms with van der Waals surface area (Å²) in [6.45, 7) is 6.35. The van der Waals surface area contributed by atoms with E-state index in [9.17, 15) is 14.4 Å². The number of hydrogen-bond donors (Lipinski definition) is 0. The van der Waals surface area contributed by atoms with Gasteiger partial charge in [0.2, 0.25) is 0 Å². The van der Waals surface area contributed by atoms with Gasteiger partial charge >= 0.3 is 17.9 Å². The minimum Gasteiger partial charge on any atom is -0.462 e. The zero-order valence-corrected chi connectivity index (χ0v) is 48.5. The highest BCUT2D eigenvalue weighted by Crippen LogP contribution is 2.14. The largest absolute Gasteiger partial charge is 0.462 e. The van der Waals surface area contributed by atoms with E-state index >= 15 is 0 Å². The molecule has 0 N–H and O–H groups in total. The number of allylic oxidation sites excluding steroid dienone is 22. The van der Waals surface area contributed by atoms with E-state index in [0.717, 1.165) is 135 Å². The van der Waals surface area contributed by atoms with Gasteiger partial charge in [-0.25, -0.2) is 0 Å².